The molecular formula is C8H5F5O2. The lowest BCUT2D eigenvalue weighted by Crippen LogP contribution is -2.06. The van der Waals surface area contributed by atoms with Crippen LogP contribution >= 0.6 is 0 Å². The number of hydrogen-bond donors (Lipinski definition) is 0. The van der Waals surface area contributed by atoms with Gasteiger partial charge in [-0.1, -0.05) is 0 Å². The third kappa shape index (κ3) is 2.97. The zero-order valence-corrected chi connectivity index (χ0v) is 7.15. The van der Waals surface area contributed by atoms with Crippen molar-refractivity contribution < 1.29 is 31.4 Å². The fraction of sp³-hybridized carbons (Fsp3) is 0.250. The van der Waals surface area contributed by atoms with E-state index in [1.54, 1.807) is 0 Å². The lowest BCUT2D eigenvalue weighted by molar-refractivity contribution is -0.0545. The van der Waals surface area contributed by atoms with Gasteiger partial charge in [0.25, 0.3) is 0 Å². The van der Waals surface area contributed by atoms with Crippen molar-refractivity contribution in [3.63, 3.8) is 0 Å². The van der Waals surface area contributed by atoms with Crippen LogP contribution in [0.3, 0.4) is 0 Å². The summed E-state index contributed by atoms with van der Waals surface area (Å²) in [6, 6.07) is 0.864. The van der Waals surface area contributed by atoms with Crippen LogP contribution in [0.25, 0.3) is 0 Å². The summed E-state index contributed by atoms with van der Waals surface area (Å²) >= 11 is 0. The second-order valence-corrected chi connectivity index (χ2v) is 2.35. The van der Waals surface area contributed by atoms with Crippen molar-refractivity contribution in [2.75, 3.05) is 6.86 Å². The standard InChI is InChI=1S/C8H5F5O2/c9-3-14-6-2-4(10)1-5(11)7(6)15-8(12)13/h1-2,8H,3H2. The topological polar surface area (TPSA) is 18.5 Å². The Morgan fingerprint density at radius 3 is 2.40 bits per heavy atom. The van der Waals surface area contributed by atoms with Gasteiger partial charge in [0.05, 0.1) is 0 Å². The van der Waals surface area contributed by atoms with E-state index >= 15 is 0 Å². The average molecular weight is 228 g/mol. The first-order valence-electron chi connectivity index (χ1n) is 3.67. The maximum atomic E-state index is 12.9. The summed E-state index contributed by atoms with van der Waals surface area (Å²) < 4.78 is 68.6. The molecule has 1 rings (SSSR count). The Bertz CT molecular complexity index is 342. The quantitative estimate of drug-likeness (QED) is 0.737. The molecule has 0 aliphatic rings. The zero-order chi connectivity index (χ0) is 11.4. The molecule has 0 atom stereocenters. The Morgan fingerprint density at radius 1 is 1.20 bits per heavy atom. The monoisotopic (exact) mass is 228 g/mol. The Balaban J connectivity index is 3.08. The zero-order valence-electron chi connectivity index (χ0n) is 7.15. The highest BCUT2D eigenvalue weighted by Crippen LogP contribution is 2.32. The summed E-state index contributed by atoms with van der Waals surface area (Å²) in [6.45, 7) is -4.73. The van der Waals surface area contributed by atoms with Crippen LogP contribution in [0, 0.1) is 11.6 Å². The third-order valence-electron chi connectivity index (χ3n) is 1.39. The second kappa shape index (κ2) is 4.81. The fourth-order valence-corrected chi connectivity index (χ4v) is 0.906. The molecule has 0 unspecified atom stereocenters. The minimum absolute atomic E-state index is 0.322. The molecular weight excluding hydrogens is 223 g/mol. The molecule has 1 aromatic carbocycles. The first-order chi connectivity index (χ1) is 7.04. The van der Waals surface area contributed by atoms with Crippen LogP contribution in [0.15, 0.2) is 12.1 Å². The number of alkyl halides is 3. The Labute approximate surface area is 81.2 Å². The first kappa shape index (κ1) is 11.5. The van der Waals surface area contributed by atoms with Crippen molar-refractivity contribution in [1.29, 1.82) is 0 Å². The summed E-state index contributed by atoms with van der Waals surface area (Å²) in [6.07, 6.45) is 0. The van der Waals surface area contributed by atoms with Crippen LogP contribution in [-0.2, 0) is 0 Å². The third-order valence-corrected chi connectivity index (χ3v) is 1.39. The molecule has 2 nitrogen and oxygen atoms in total. The van der Waals surface area contributed by atoms with Gasteiger partial charge in [-0.15, -0.1) is 0 Å². The molecule has 0 radical (unpaired) electrons. The van der Waals surface area contributed by atoms with Crippen molar-refractivity contribution in [3.8, 4) is 11.5 Å². The Morgan fingerprint density at radius 2 is 1.87 bits per heavy atom. The predicted molar refractivity (Wildman–Crippen MR) is 39.6 cm³/mol. The van der Waals surface area contributed by atoms with Gasteiger partial charge in [0.1, 0.15) is 5.82 Å². The van der Waals surface area contributed by atoms with Crippen molar-refractivity contribution in [2.45, 2.75) is 6.61 Å². The molecule has 0 spiro atoms. The Kier molecular flexibility index (Phi) is 3.70. The molecule has 0 amide bonds. The number of benzene rings is 1. The largest absolute Gasteiger partial charge is 0.459 e. The average Bonchev–Trinajstić information content (AvgIpc) is 2.11. The minimum atomic E-state index is -3.31. The van der Waals surface area contributed by atoms with Crippen molar-refractivity contribution in [3.05, 3.63) is 23.8 Å². The molecule has 7 heteroatoms. The molecule has 0 heterocycles. The van der Waals surface area contributed by atoms with Gasteiger partial charge in [0.2, 0.25) is 12.6 Å². The molecule has 0 N–H and O–H groups in total. The van der Waals surface area contributed by atoms with E-state index in [1.807, 2.05) is 0 Å². The van der Waals surface area contributed by atoms with Crippen LogP contribution in [0.5, 0.6) is 11.5 Å². The Hall–Kier alpha value is -1.53. The molecule has 0 fully saturated rings. The van der Waals surface area contributed by atoms with Gasteiger partial charge in [-0.2, -0.15) is 8.78 Å². The van der Waals surface area contributed by atoms with Crippen molar-refractivity contribution in [2.24, 2.45) is 0 Å². The van der Waals surface area contributed by atoms with E-state index < -0.39 is 36.6 Å². The molecule has 1 aromatic rings. The molecule has 84 valence electrons. The van der Waals surface area contributed by atoms with Crippen molar-refractivity contribution in [1.82, 2.24) is 0 Å². The molecule has 15 heavy (non-hydrogen) atoms. The van der Waals surface area contributed by atoms with E-state index in [-0.39, 0.29) is 0 Å². The van der Waals surface area contributed by atoms with Gasteiger partial charge >= 0.3 is 6.61 Å². The van der Waals surface area contributed by atoms with Crippen LogP contribution in [-0.4, -0.2) is 13.5 Å². The van der Waals surface area contributed by atoms with E-state index in [9.17, 15) is 22.0 Å². The highest BCUT2D eigenvalue weighted by atomic mass is 19.3. The van der Waals surface area contributed by atoms with Crippen molar-refractivity contribution >= 4 is 0 Å². The van der Waals surface area contributed by atoms with E-state index in [2.05, 4.69) is 9.47 Å². The predicted octanol–water partition coefficient (Wildman–Crippen LogP) is 2.87. The van der Waals surface area contributed by atoms with E-state index in [0.29, 0.717) is 12.1 Å². The summed E-state index contributed by atoms with van der Waals surface area (Å²) in [5.41, 5.74) is 0. The number of rotatable bonds is 4. The van der Waals surface area contributed by atoms with Crippen LogP contribution in [0.4, 0.5) is 22.0 Å². The number of hydrogen-bond acceptors (Lipinski definition) is 2. The minimum Gasteiger partial charge on any atom is -0.459 e. The first-order valence-corrected chi connectivity index (χ1v) is 3.67. The maximum Gasteiger partial charge on any atom is 0.387 e. The van der Waals surface area contributed by atoms with Gasteiger partial charge < -0.3 is 9.47 Å². The van der Waals surface area contributed by atoms with Crippen LogP contribution in [0.1, 0.15) is 0 Å². The fourth-order valence-electron chi connectivity index (χ4n) is 0.906. The van der Waals surface area contributed by atoms with Crippen LogP contribution < -0.4 is 9.47 Å². The van der Waals surface area contributed by atoms with Gasteiger partial charge in [0, 0.05) is 12.1 Å². The normalized spacial score (nSPS) is 10.5. The molecule has 0 saturated carbocycles. The highest BCUT2D eigenvalue weighted by molar-refractivity contribution is 5.41. The molecule has 0 aromatic heterocycles. The number of ether oxygens (including phenoxy) is 2. The van der Waals surface area contributed by atoms with E-state index in [0.717, 1.165) is 0 Å². The highest BCUT2D eigenvalue weighted by Gasteiger charge is 2.18. The van der Waals surface area contributed by atoms with Gasteiger partial charge in [-0.3, -0.25) is 0 Å². The second-order valence-electron chi connectivity index (χ2n) is 2.35. The van der Waals surface area contributed by atoms with E-state index in [1.165, 1.54) is 0 Å². The smallest absolute Gasteiger partial charge is 0.387 e. The van der Waals surface area contributed by atoms with Gasteiger partial charge in [-0.05, 0) is 0 Å². The summed E-state index contributed by atoms with van der Waals surface area (Å²) in [4.78, 5) is 0. The summed E-state index contributed by atoms with van der Waals surface area (Å²) in [7, 11) is 0. The lowest BCUT2D eigenvalue weighted by Gasteiger charge is -2.10. The molecule has 0 aliphatic carbocycles. The number of halogens is 5. The molecule has 0 aliphatic heterocycles. The van der Waals surface area contributed by atoms with E-state index in [4.69, 9.17) is 0 Å². The summed E-state index contributed by atoms with van der Waals surface area (Å²) in [5.74, 6) is -4.25. The SMILES string of the molecule is FCOc1cc(F)cc(F)c1OC(F)F. The molecule has 0 saturated heterocycles. The van der Waals surface area contributed by atoms with Gasteiger partial charge in [0.15, 0.2) is 11.6 Å². The van der Waals surface area contributed by atoms with Gasteiger partial charge in [-0.25, -0.2) is 13.2 Å². The maximum absolute atomic E-state index is 12.9. The summed E-state index contributed by atoms with van der Waals surface area (Å²) in [5, 5.41) is 0. The molecule has 0 bridgehead atoms. The van der Waals surface area contributed by atoms with Crippen LogP contribution in [0.2, 0.25) is 0 Å². The lowest BCUT2D eigenvalue weighted by atomic mass is 10.3.